The maximum absolute atomic E-state index is 13.1. The Labute approximate surface area is 157 Å². The van der Waals surface area contributed by atoms with Crippen molar-refractivity contribution in [2.24, 2.45) is 0 Å². The van der Waals surface area contributed by atoms with Crippen molar-refractivity contribution in [3.8, 4) is 11.5 Å². The normalized spacial score (nSPS) is 10.8. The van der Waals surface area contributed by atoms with Gasteiger partial charge in [0.05, 0.1) is 15.7 Å². The number of carboxylic acid groups (broad SMARTS) is 1. The SMILES string of the molecule is COc1cc(C=CC(=O)O)cc(I)c1OCc1ccc(F)cc1Cl. The van der Waals surface area contributed by atoms with Crippen LogP contribution in [0.4, 0.5) is 4.39 Å². The first-order chi connectivity index (χ1) is 11.4. The first-order valence-corrected chi connectivity index (χ1v) is 8.21. The lowest BCUT2D eigenvalue weighted by atomic mass is 10.2. The van der Waals surface area contributed by atoms with Crippen LogP contribution in [-0.4, -0.2) is 18.2 Å². The van der Waals surface area contributed by atoms with Crippen LogP contribution < -0.4 is 9.47 Å². The molecule has 0 unspecified atom stereocenters. The highest BCUT2D eigenvalue weighted by molar-refractivity contribution is 14.1. The Morgan fingerprint density at radius 3 is 2.75 bits per heavy atom. The third-order valence-electron chi connectivity index (χ3n) is 3.06. The third-order valence-corrected chi connectivity index (χ3v) is 4.21. The van der Waals surface area contributed by atoms with Crippen molar-refractivity contribution in [3.05, 3.63) is 61.9 Å². The molecule has 2 rings (SSSR count). The molecular formula is C17H13ClFIO4. The van der Waals surface area contributed by atoms with Gasteiger partial charge in [0.1, 0.15) is 12.4 Å². The molecule has 7 heteroatoms. The van der Waals surface area contributed by atoms with E-state index in [2.05, 4.69) is 22.6 Å². The van der Waals surface area contributed by atoms with Crippen LogP contribution in [0.3, 0.4) is 0 Å². The number of carboxylic acids is 1. The molecule has 0 bridgehead atoms. The molecule has 0 saturated carbocycles. The van der Waals surface area contributed by atoms with Crippen molar-refractivity contribution in [1.29, 1.82) is 0 Å². The summed E-state index contributed by atoms with van der Waals surface area (Å²) < 4.78 is 24.9. The molecule has 0 radical (unpaired) electrons. The standard InChI is InChI=1S/C17H13ClFIO4/c1-23-15-7-10(2-5-16(21)22)6-14(20)17(15)24-9-11-3-4-12(19)8-13(11)18/h2-8H,9H2,1H3,(H,21,22). The average Bonchev–Trinajstić information content (AvgIpc) is 2.52. The molecule has 0 atom stereocenters. The molecule has 0 aliphatic heterocycles. The summed E-state index contributed by atoms with van der Waals surface area (Å²) in [5.74, 6) is -0.475. The van der Waals surface area contributed by atoms with Gasteiger partial charge in [0, 0.05) is 11.6 Å². The Hall–Kier alpha value is -1.80. The van der Waals surface area contributed by atoms with Crippen molar-refractivity contribution >= 4 is 46.2 Å². The predicted molar refractivity (Wildman–Crippen MR) is 98.1 cm³/mol. The Bertz CT molecular complexity index is 792. The van der Waals surface area contributed by atoms with Crippen LogP contribution in [0.1, 0.15) is 11.1 Å². The minimum absolute atomic E-state index is 0.149. The van der Waals surface area contributed by atoms with Crippen LogP contribution in [-0.2, 0) is 11.4 Å². The minimum Gasteiger partial charge on any atom is -0.493 e. The second kappa shape index (κ2) is 8.34. The number of ether oxygens (including phenoxy) is 2. The van der Waals surface area contributed by atoms with E-state index < -0.39 is 11.8 Å². The van der Waals surface area contributed by atoms with Gasteiger partial charge in [-0.2, -0.15) is 0 Å². The van der Waals surface area contributed by atoms with Crippen LogP contribution in [0.2, 0.25) is 5.02 Å². The molecule has 0 saturated heterocycles. The number of methoxy groups -OCH3 is 1. The highest BCUT2D eigenvalue weighted by Gasteiger charge is 2.12. The number of aliphatic carboxylic acids is 1. The molecule has 0 aliphatic carbocycles. The number of hydrogen-bond donors (Lipinski definition) is 1. The average molecular weight is 463 g/mol. The largest absolute Gasteiger partial charge is 0.493 e. The molecule has 24 heavy (non-hydrogen) atoms. The monoisotopic (exact) mass is 462 g/mol. The van der Waals surface area contributed by atoms with Crippen molar-refractivity contribution in [2.75, 3.05) is 7.11 Å². The second-order valence-electron chi connectivity index (χ2n) is 4.73. The van der Waals surface area contributed by atoms with Gasteiger partial charge in [-0.3, -0.25) is 0 Å². The maximum atomic E-state index is 13.1. The van der Waals surface area contributed by atoms with E-state index in [0.717, 1.165) is 9.65 Å². The molecule has 126 valence electrons. The summed E-state index contributed by atoms with van der Waals surface area (Å²) in [6.07, 6.45) is 2.51. The van der Waals surface area contributed by atoms with Gasteiger partial charge < -0.3 is 14.6 Å². The molecule has 2 aromatic rings. The van der Waals surface area contributed by atoms with Crippen LogP contribution in [0.5, 0.6) is 11.5 Å². The number of benzene rings is 2. The molecule has 0 aromatic heterocycles. The summed E-state index contributed by atoms with van der Waals surface area (Å²) in [5, 5.41) is 8.98. The number of hydrogen-bond acceptors (Lipinski definition) is 3. The summed E-state index contributed by atoms with van der Waals surface area (Å²) >= 11 is 8.06. The number of rotatable bonds is 6. The lowest BCUT2D eigenvalue weighted by Crippen LogP contribution is -2.01. The van der Waals surface area contributed by atoms with E-state index in [-0.39, 0.29) is 11.6 Å². The molecular weight excluding hydrogens is 450 g/mol. The molecule has 0 spiro atoms. The Kier molecular flexibility index (Phi) is 6.44. The summed E-state index contributed by atoms with van der Waals surface area (Å²) in [5.41, 5.74) is 1.32. The van der Waals surface area contributed by atoms with E-state index >= 15 is 0 Å². The zero-order valence-electron chi connectivity index (χ0n) is 12.6. The number of halogens is 3. The van der Waals surface area contributed by atoms with Crippen molar-refractivity contribution < 1.29 is 23.8 Å². The van der Waals surface area contributed by atoms with Crippen molar-refractivity contribution in [3.63, 3.8) is 0 Å². The predicted octanol–water partition coefficient (Wildman–Crippen LogP) is 4.77. The molecule has 1 N–H and O–H groups in total. The van der Waals surface area contributed by atoms with Crippen LogP contribution in [0.25, 0.3) is 6.08 Å². The third kappa shape index (κ3) is 4.85. The van der Waals surface area contributed by atoms with E-state index in [1.807, 2.05) is 0 Å². The molecule has 0 fully saturated rings. The van der Waals surface area contributed by atoms with Crippen LogP contribution >= 0.6 is 34.2 Å². The smallest absolute Gasteiger partial charge is 0.328 e. The minimum atomic E-state index is -1.03. The fraction of sp³-hybridized carbons (Fsp3) is 0.118. The van der Waals surface area contributed by atoms with Gasteiger partial charge in [0.25, 0.3) is 0 Å². The van der Waals surface area contributed by atoms with Crippen LogP contribution in [0, 0.1) is 9.39 Å². The summed E-state index contributed by atoms with van der Waals surface area (Å²) in [7, 11) is 1.49. The molecule has 4 nitrogen and oxygen atoms in total. The zero-order valence-corrected chi connectivity index (χ0v) is 15.5. The van der Waals surface area contributed by atoms with Gasteiger partial charge in [-0.15, -0.1) is 0 Å². The van der Waals surface area contributed by atoms with E-state index in [0.29, 0.717) is 22.6 Å². The lowest BCUT2D eigenvalue weighted by Gasteiger charge is -2.14. The molecule has 2 aromatic carbocycles. The Morgan fingerprint density at radius 2 is 2.12 bits per heavy atom. The Balaban J connectivity index is 2.24. The highest BCUT2D eigenvalue weighted by Crippen LogP contribution is 2.35. The van der Waals surface area contributed by atoms with Crippen molar-refractivity contribution in [2.45, 2.75) is 6.61 Å². The number of carbonyl (C=O) groups is 1. The fourth-order valence-corrected chi connectivity index (χ4v) is 2.94. The van der Waals surface area contributed by atoms with E-state index in [1.54, 1.807) is 18.2 Å². The van der Waals surface area contributed by atoms with E-state index in [9.17, 15) is 9.18 Å². The Morgan fingerprint density at radius 1 is 1.38 bits per heavy atom. The van der Waals surface area contributed by atoms with Gasteiger partial charge >= 0.3 is 5.97 Å². The summed E-state index contributed by atoms with van der Waals surface area (Å²) in [6.45, 7) is 0.149. The lowest BCUT2D eigenvalue weighted by molar-refractivity contribution is -0.131. The van der Waals surface area contributed by atoms with Gasteiger partial charge in [-0.05, 0) is 58.5 Å². The quantitative estimate of drug-likeness (QED) is 0.496. The topological polar surface area (TPSA) is 55.8 Å². The molecule has 0 heterocycles. The fourth-order valence-electron chi connectivity index (χ4n) is 1.93. The van der Waals surface area contributed by atoms with Crippen LogP contribution in [0.15, 0.2) is 36.4 Å². The first kappa shape index (κ1) is 18.5. The van der Waals surface area contributed by atoms with Gasteiger partial charge in [0.15, 0.2) is 11.5 Å². The zero-order chi connectivity index (χ0) is 17.7. The molecule has 0 aliphatic rings. The molecule has 0 amide bonds. The summed E-state index contributed by atoms with van der Waals surface area (Å²) in [4.78, 5) is 10.6. The van der Waals surface area contributed by atoms with E-state index in [4.69, 9.17) is 26.2 Å². The second-order valence-corrected chi connectivity index (χ2v) is 6.30. The van der Waals surface area contributed by atoms with Gasteiger partial charge in [0.2, 0.25) is 0 Å². The maximum Gasteiger partial charge on any atom is 0.328 e. The van der Waals surface area contributed by atoms with E-state index in [1.165, 1.54) is 25.3 Å². The first-order valence-electron chi connectivity index (χ1n) is 6.76. The van der Waals surface area contributed by atoms with Crippen molar-refractivity contribution in [1.82, 2.24) is 0 Å². The summed E-state index contributed by atoms with van der Waals surface area (Å²) in [6, 6.07) is 7.53. The highest BCUT2D eigenvalue weighted by atomic mass is 127. The van der Waals surface area contributed by atoms with Gasteiger partial charge in [-0.25, -0.2) is 9.18 Å². The van der Waals surface area contributed by atoms with Gasteiger partial charge in [-0.1, -0.05) is 17.7 Å².